The van der Waals surface area contributed by atoms with Crippen LogP contribution in [0.4, 0.5) is 5.69 Å². The summed E-state index contributed by atoms with van der Waals surface area (Å²) in [4.78, 5) is 11.0. The average molecular weight is 364 g/mol. The first-order valence-corrected chi connectivity index (χ1v) is 8.73. The molecule has 0 saturated heterocycles. The van der Waals surface area contributed by atoms with Crippen LogP contribution in [0.1, 0.15) is 5.56 Å². The van der Waals surface area contributed by atoms with Crippen molar-refractivity contribution in [2.24, 2.45) is 10.2 Å². The third-order valence-corrected chi connectivity index (χ3v) is 4.49. The molecule has 1 aromatic heterocycles. The van der Waals surface area contributed by atoms with Gasteiger partial charge in [-0.1, -0.05) is 36.4 Å². The second-order valence-corrected chi connectivity index (χ2v) is 6.20. The highest BCUT2D eigenvalue weighted by Gasteiger charge is 2.06. The molecule has 7 heteroatoms. The summed E-state index contributed by atoms with van der Waals surface area (Å²) >= 11 is 1.50. The standard InChI is InChI=1S/C19H16N4O2S/c1-2-12-22-18(16-6-4-3-5-7-16)14-26-19(22)21-20-13-15-8-10-17(11-9-15)23(24)25/h2-11,13-14H,1,12H2/b20-13-,21-19-. The summed E-state index contributed by atoms with van der Waals surface area (Å²) in [5, 5.41) is 21.1. The van der Waals surface area contributed by atoms with Gasteiger partial charge in [0.1, 0.15) is 0 Å². The Morgan fingerprint density at radius 3 is 2.54 bits per heavy atom. The molecule has 0 unspecified atom stereocenters. The van der Waals surface area contributed by atoms with Crippen LogP contribution in [0.5, 0.6) is 0 Å². The fraction of sp³-hybridized carbons (Fsp3) is 0.0526. The van der Waals surface area contributed by atoms with Crippen LogP contribution in [-0.4, -0.2) is 15.7 Å². The predicted octanol–water partition coefficient (Wildman–Crippen LogP) is 4.25. The monoisotopic (exact) mass is 364 g/mol. The number of nitrogens with zero attached hydrogens (tertiary/aromatic N) is 4. The summed E-state index contributed by atoms with van der Waals surface area (Å²) in [7, 11) is 0. The molecule has 130 valence electrons. The molecule has 6 nitrogen and oxygen atoms in total. The summed E-state index contributed by atoms with van der Waals surface area (Å²) in [6.07, 6.45) is 3.39. The molecule has 0 N–H and O–H groups in total. The number of hydrogen-bond donors (Lipinski definition) is 0. The SMILES string of the molecule is C=CCn1c(-c2ccccc2)cs/c1=N\N=C/c1ccc([N+](=O)[O-])cc1. The fourth-order valence-electron chi connectivity index (χ4n) is 2.38. The molecular formula is C19H16N4O2S. The first-order valence-electron chi connectivity index (χ1n) is 7.85. The van der Waals surface area contributed by atoms with Gasteiger partial charge in [-0.25, -0.2) is 0 Å². The van der Waals surface area contributed by atoms with Gasteiger partial charge in [0.05, 0.1) is 16.8 Å². The maximum atomic E-state index is 10.7. The van der Waals surface area contributed by atoms with Gasteiger partial charge in [-0.15, -0.1) is 23.0 Å². The van der Waals surface area contributed by atoms with E-state index in [-0.39, 0.29) is 5.69 Å². The Kier molecular flexibility index (Phi) is 5.50. The summed E-state index contributed by atoms with van der Waals surface area (Å²) in [5.74, 6) is 0. The lowest BCUT2D eigenvalue weighted by molar-refractivity contribution is -0.384. The van der Waals surface area contributed by atoms with Crippen LogP contribution in [0.3, 0.4) is 0 Å². The number of nitro benzene ring substituents is 1. The number of hydrogen-bond acceptors (Lipinski definition) is 5. The second-order valence-electron chi connectivity index (χ2n) is 5.36. The molecule has 0 spiro atoms. The molecule has 1 heterocycles. The molecule has 0 aliphatic rings. The minimum absolute atomic E-state index is 0.0497. The van der Waals surface area contributed by atoms with Gasteiger partial charge in [-0.05, 0) is 23.3 Å². The van der Waals surface area contributed by atoms with Crippen molar-refractivity contribution in [2.75, 3.05) is 0 Å². The number of nitro groups is 1. The Morgan fingerprint density at radius 2 is 1.88 bits per heavy atom. The topological polar surface area (TPSA) is 72.8 Å². The van der Waals surface area contributed by atoms with Gasteiger partial charge in [0.2, 0.25) is 4.80 Å². The Labute approximate surface area is 154 Å². The van der Waals surface area contributed by atoms with E-state index in [9.17, 15) is 10.1 Å². The van der Waals surface area contributed by atoms with Gasteiger partial charge in [0.25, 0.3) is 5.69 Å². The van der Waals surface area contributed by atoms with E-state index in [0.29, 0.717) is 6.54 Å². The van der Waals surface area contributed by atoms with Crippen LogP contribution in [0.15, 0.2) is 82.8 Å². The zero-order chi connectivity index (χ0) is 18.4. The van der Waals surface area contributed by atoms with E-state index in [1.807, 2.05) is 46.4 Å². The van der Waals surface area contributed by atoms with Crippen LogP contribution in [0.2, 0.25) is 0 Å². The molecule has 3 rings (SSSR count). The van der Waals surface area contributed by atoms with Gasteiger partial charge >= 0.3 is 0 Å². The third-order valence-electron chi connectivity index (χ3n) is 3.63. The van der Waals surface area contributed by atoms with E-state index >= 15 is 0 Å². The molecule has 26 heavy (non-hydrogen) atoms. The number of non-ortho nitro benzene ring substituents is 1. The molecule has 0 saturated carbocycles. The predicted molar refractivity (Wildman–Crippen MR) is 104 cm³/mol. The molecule has 0 atom stereocenters. The van der Waals surface area contributed by atoms with Gasteiger partial charge in [0.15, 0.2) is 0 Å². The van der Waals surface area contributed by atoms with Crippen molar-refractivity contribution in [1.82, 2.24) is 4.57 Å². The number of benzene rings is 2. The molecule has 0 amide bonds. The highest BCUT2D eigenvalue weighted by molar-refractivity contribution is 7.07. The summed E-state index contributed by atoms with van der Waals surface area (Å²) in [6.45, 7) is 4.44. The van der Waals surface area contributed by atoms with Crippen LogP contribution < -0.4 is 4.80 Å². The second kappa shape index (κ2) is 8.17. The third kappa shape index (κ3) is 4.01. The van der Waals surface area contributed by atoms with Crippen LogP contribution in [-0.2, 0) is 6.54 Å². The quantitative estimate of drug-likeness (QED) is 0.284. The molecular weight excluding hydrogens is 348 g/mol. The highest BCUT2D eigenvalue weighted by atomic mass is 32.1. The number of thiazole rings is 1. The van der Waals surface area contributed by atoms with E-state index in [0.717, 1.165) is 21.6 Å². The minimum Gasteiger partial charge on any atom is -0.311 e. The van der Waals surface area contributed by atoms with Gasteiger partial charge in [-0.2, -0.15) is 5.10 Å². The first-order chi connectivity index (χ1) is 12.7. The lowest BCUT2D eigenvalue weighted by Crippen LogP contribution is -2.14. The molecule has 0 aliphatic carbocycles. The summed E-state index contributed by atoms with van der Waals surface area (Å²) in [6, 6.07) is 16.2. The molecule has 0 radical (unpaired) electrons. The minimum atomic E-state index is -0.430. The molecule has 0 aliphatic heterocycles. The van der Waals surface area contributed by atoms with Crippen molar-refractivity contribution >= 4 is 23.2 Å². The largest absolute Gasteiger partial charge is 0.311 e. The van der Waals surface area contributed by atoms with E-state index < -0.39 is 4.92 Å². The zero-order valence-corrected chi connectivity index (χ0v) is 14.7. The average Bonchev–Trinajstić information content (AvgIpc) is 3.06. The van der Waals surface area contributed by atoms with Crippen molar-refractivity contribution < 1.29 is 4.92 Å². The van der Waals surface area contributed by atoms with Crippen molar-refractivity contribution in [1.29, 1.82) is 0 Å². The smallest absolute Gasteiger partial charge is 0.269 e. The normalized spacial score (nSPS) is 11.8. The van der Waals surface area contributed by atoms with Crippen LogP contribution in [0.25, 0.3) is 11.3 Å². The van der Waals surface area contributed by atoms with Crippen molar-refractivity contribution in [3.8, 4) is 11.3 Å². The molecule has 2 aromatic carbocycles. The van der Waals surface area contributed by atoms with Gasteiger partial charge in [-0.3, -0.25) is 10.1 Å². The number of rotatable bonds is 6. The molecule has 0 fully saturated rings. The van der Waals surface area contributed by atoms with E-state index in [1.165, 1.54) is 23.5 Å². The zero-order valence-electron chi connectivity index (χ0n) is 13.9. The lowest BCUT2D eigenvalue weighted by atomic mass is 10.2. The maximum Gasteiger partial charge on any atom is 0.269 e. The van der Waals surface area contributed by atoms with Gasteiger partial charge < -0.3 is 4.57 Å². The summed E-state index contributed by atoms with van der Waals surface area (Å²) in [5.41, 5.74) is 2.95. The van der Waals surface area contributed by atoms with Crippen molar-refractivity contribution in [3.05, 3.63) is 93.1 Å². The fourth-order valence-corrected chi connectivity index (χ4v) is 3.26. The first kappa shape index (κ1) is 17.5. The molecule has 0 bridgehead atoms. The Bertz CT molecular complexity index is 1000. The Balaban J connectivity index is 1.89. The Morgan fingerprint density at radius 1 is 1.15 bits per heavy atom. The highest BCUT2D eigenvalue weighted by Crippen LogP contribution is 2.19. The van der Waals surface area contributed by atoms with E-state index in [2.05, 4.69) is 16.8 Å². The van der Waals surface area contributed by atoms with Crippen LogP contribution in [0, 0.1) is 10.1 Å². The van der Waals surface area contributed by atoms with Gasteiger partial charge in [0, 0.05) is 24.1 Å². The summed E-state index contributed by atoms with van der Waals surface area (Å²) < 4.78 is 2.04. The van der Waals surface area contributed by atoms with Crippen molar-refractivity contribution in [3.63, 3.8) is 0 Å². The van der Waals surface area contributed by atoms with Crippen molar-refractivity contribution in [2.45, 2.75) is 6.54 Å². The number of allylic oxidation sites excluding steroid dienone is 1. The Hall–Kier alpha value is -3.32. The molecule has 3 aromatic rings. The lowest BCUT2D eigenvalue weighted by Gasteiger charge is -2.05. The van der Waals surface area contributed by atoms with E-state index in [1.54, 1.807) is 18.3 Å². The van der Waals surface area contributed by atoms with E-state index in [4.69, 9.17) is 0 Å². The maximum absolute atomic E-state index is 10.7. The number of aromatic nitrogens is 1. The van der Waals surface area contributed by atoms with Crippen LogP contribution >= 0.6 is 11.3 Å².